The molecule has 174 valence electrons. The minimum atomic E-state index is -0.768. The van der Waals surface area contributed by atoms with E-state index >= 15 is 0 Å². The Balaban J connectivity index is 1.14. The van der Waals surface area contributed by atoms with Crippen molar-refractivity contribution in [2.45, 2.75) is 108 Å². The summed E-state index contributed by atoms with van der Waals surface area (Å²) in [5.41, 5.74) is 0. The van der Waals surface area contributed by atoms with Gasteiger partial charge in [0.2, 0.25) is 11.8 Å². The molecule has 5 aliphatic rings. The number of nitrogens with zero attached hydrogens (tertiary/aromatic N) is 2. The van der Waals surface area contributed by atoms with Gasteiger partial charge in [-0.3, -0.25) is 14.5 Å². The van der Waals surface area contributed by atoms with Gasteiger partial charge < -0.3 is 15.5 Å². The number of halogens is 1. The van der Waals surface area contributed by atoms with Crippen LogP contribution in [0.25, 0.3) is 0 Å². The second-order valence-electron chi connectivity index (χ2n) is 10.9. The molecule has 0 aromatic rings. The molecule has 31 heavy (non-hydrogen) atoms. The number of rotatable bonds is 3. The summed E-state index contributed by atoms with van der Waals surface area (Å²) in [6.45, 7) is 4.98. The summed E-state index contributed by atoms with van der Waals surface area (Å²) in [5.74, 6) is 0.841. The van der Waals surface area contributed by atoms with Gasteiger partial charge in [0, 0.05) is 56.1 Å². The molecule has 0 bridgehead atoms. The number of hydrogen-bond acceptors (Lipinski definition) is 4. The molecule has 3 saturated heterocycles. The zero-order valence-electron chi connectivity index (χ0n) is 18.9. The van der Waals surface area contributed by atoms with Crippen LogP contribution in [0.2, 0.25) is 0 Å². The topological polar surface area (TPSA) is 64.7 Å². The molecule has 7 heteroatoms. The maximum Gasteiger partial charge on any atom is 0.237 e. The van der Waals surface area contributed by atoms with E-state index in [9.17, 15) is 14.0 Å². The van der Waals surface area contributed by atoms with Gasteiger partial charge in [0.1, 0.15) is 6.17 Å². The normalized spacial score (nSPS) is 43.9. The number of carbonyl (C=O) groups excluding carboxylic acids is 2. The number of piperidine rings is 1. The molecular formula is C24H39FN4O2. The van der Waals surface area contributed by atoms with E-state index in [-0.39, 0.29) is 30.0 Å². The minimum Gasteiger partial charge on any atom is -0.352 e. The van der Waals surface area contributed by atoms with Gasteiger partial charge in [-0.15, -0.1) is 0 Å². The first-order valence-corrected chi connectivity index (χ1v) is 12.7. The molecule has 2 N–H and O–H groups in total. The monoisotopic (exact) mass is 434 g/mol. The second-order valence-corrected chi connectivity index (χ2v) is 10.9. The Kier molecular flexibility index (Phi) is 6.26. The fourth-order valence-electron chi connectivity index (χ4n) is 7.15. The second kappa shape index (κ2) is 8.97. The van der Waals surface area contributed by atoms with E-state index in [0.29, 0.717) is 43.2 Å². The molecule has 8 atom stereocenters. The largest absolute Gasteiger partial charge is 0.352 e. The molecule has 5 unspecified atom stereocenters. The minimum absolute atomic E-state index is 0.00639. The fraction of sp³-hybridized carbons (Fsp3) is 0.917. The lowest BCUT2D eigenvalue weighted by atomic mass is 9.77. The summed E-state index contributed by atoms with van der Waals surface area (Å²) >= 11 is 0. The van der Waals surface area contributed by atoms with Crippen molar-refractivity contribution in [2.75, 3.05) is 19.6 Å². The Morgan fingerprint density at radius 3 is 2.74 bits per heavy atom. The van der Waals surface area contributed by atoms with Gasteiger partial charge in [-0.05, 0) is 63.7 Å². The van der Waals surface area contributed by atoms with E-state index in [1.54, 1.807) is 0 Å². The number of hydrogen-bond donors (Lipinski definition) is 2. The Labute approximate surface area is 185 Å². The summed E-state index contributed by atoms with van der Waals surface area (Å²) in [6.07, 6.45) is 8.62. The van der Waals surface area contributed by atoms with E-state index in [4.69, 9.17) is 0 Å². The highest BCUT2D eigenvalue weighted by Crippen LogP contribution is 2.38. The van der Waals surface area contributed by atoms with Crippen molar-refractivity contribution in [1.82, 2.24) is 20.4 Å². The van der Waals surface area contributed by atoms with Crippen molar-refractivity contribution < 1.29 is 14.0 Å². The summed E-state index contributed by atoms with van der Waals surface area (Å²) in [4.78, 5) is 29.9. The van der Waals surface area contributed by atoms with E-state index in [1.165, 1.54) is 6.42 Å². The first-order valence-electron chi connectivity index (χ1n) is 12.7. The van der Waals surface area contributed by atoms with E-state index in [1.807, 2.05) is 0 Å². The average Bonchev–Trinajstić information content (AvgIpc) is 3.24. The van der Waals surface area contributed by atoms with Gasteiger partial charge in [-0.1, -0.05) is 6.92 Å². The first-order chi connectivity index (χ1) is 15.0. The molecular weight excluding hydrogens is 395 g/mol. The highest BCUT2D eigenvalue weighted by molar-refractivity contribution is 5.82. The lowest BCUT2D eigenvalue weighted by molar-refractivity contribution is -0.140. The van der Waals surface area contributed by atoms with Crippen LogP contribution in [-0.2, 0) is 9.59 Å². The van der Waals surface area contributed by atoms with Crippen molar-refractivity contribution >= 4 is 11.8 Å². The summed E-state index contributed by atoms with van der Waals surface area (Å²) in [5, 5.41) is 6.79. The van der Waals surface area contributed by atoms with Gasteiger partial charge >= 0.3 is 0 Å². The van der Waals surface area contributed by atoms with Crippen molar-refractivity contribution in [3.05, 3.63) is 0 Å². The number of piperazine rings is 1. The van der Waals surface area contributed by atoms with E-state index in [0.717, 1.165) is 58.2 Å². The molecule has 3 heterocycles. The first kappa shape index (κ1) is 21.6. The third kappa shape index (κ3) is 4.37. The van der Waals surface area contributed by atoms with Crippen LogP contribution in [0.4, 0.5) is 4.39 Å². The van der Waals surface area contributed by atoms with Crippen molar-refractivity contribution in [3.63, 3.8) is 0 Å². The van der Waals surface area contributed by atoms with Crippen LogP contribution < -0.4 is 10.6 Å². The SMILES string of the molecule is CC1CCC(F)C2CC(C(=O)N[C@@H]3CCC[C@@H](N4CCN5C(=O)CCC[C@@H]5C4)C3)NC12. The number of alkyl halides is 1. The number of fused-ring (bicyclic) bond motifs is 2. The van der Waals surface area contributed by atoms with E-state index < -0.39 is 6.17 Å². The summed E-state index contributed by atoms with van der Waals surface area (Å²) in [7, 11) is 0. The van der Waals surface area contributed by atoms with E-state index in [2.05, 4.69) is 27.4 Å². The third-order valence-electron chi connectivity index (χ3n) is 8.93. The molecule has 0 aromatic heterocycles. The highest BCUT2D eigenvalue weighted by atomic mass is 19.1. The maximum atomic E-state index is 14.4. The van der Waals surface area contributed by atoms with Crippen LogP contribution in [-0.4, -0.2) is 77.6 Å². The standard InChI is InChI=1S/C24H39FN4O2/c1-15-8-9-20(25)19-13-21(27-23(15)19)24(31)26-16-4-2-5-17(12-16)28-10-11-29-18(14-28)6-3-7-22(29)30/h15-21,23,27H,2-14H2,1H3,(H,26,31)/t15?,16-,17-,18-,19?,20?,21?,23?/m1/s1. The Morgan fingerprint density at radius 1 is 1.06 bits per heavy atom. The zero-order chi connectivity index (χ0) is 21.5. The number of carbonyl (C=O) groups is 2. The smallest absolute Gasteiger partial charge is 0.237 e. The lowest BCUT2D eigenvalue weighted by Crippen LogP contribution is -2.60. The van der Waals surface area contributed by atoms with Crippen LogP contribution in [0.5, 0.6) is 0 Å². The number of amides is 2. The molecule has 6 nitrogen and oxygen atoms in total. The van der Waals surface area contributed by atoms with Crippen LogP contribution in [0.1, 0.15) is 71.1 Å². The number of nitrogens with one attached hydrogen (secondary N) is 2. The fourth-order valence-corrected chi connectivity index (χ4v) is 7.15. The highest BCUT2D eigenvalue weighted by Gasteiger charge is 2.46. The predicted molar refractivity (Wildman–Crippen MR) is 117 cm³/mol. The Hall–Kier alpha value is -1.21. The van der Waals surface area contributed by atoms with Crippen LogP contribution >= 0.6 is 0 Å². The summed E-state index contributed by atoms with van der Waals surface area (Å²) in [6, 6.07) is 0.985. The van der Waals surface area contributed by atoms with Crippen molar-refractivity contribution in [1.29, 1.82) is 0 Å². The zero-order valence-corrected chi connectivity index (χ0v) is 18.9. The molecule has 2 saturated carbocycles. The lowest BCUT2D eigenvalue weighted by Gasteiger charge is -2.48. The van der Waals surface area contributed by atoms with Crippen LogP contribution in [0.3, 0.4) is 0 Å². The average molecular weight is 435 g/mol. The van der Waals surface area contributed by atoms with Crippen LogP contribution in [0.15, 0.2) is 0 Å². The Morgan fingerprint density at radius 2 is 1.90 bits per heavy atom. The van der Waals surface area contributed by atoms with Gasteiger partial charge in [-0.25, -0.2) is 4.39 Å². The molecule has 5 fully saturated rings. The maximum absolute atomic E-state index is 14.4. The molecule has 0 spiro atoms. The van der Waals surface area contributed by atoms with Crippen LogP contribution in [0, 0.1) is 11.8 Å². The molecule has 2 amide bonds. The van der Waals surface area contributed by atoms with Crippen molar-refractivity contribution in [2.24, 2.45) is 11.8 Å². The van der Waals surface area contributed by atoms with Gasteiger partial charge in [0.25, 0.3) is 0 Å². The molecule has 3 aliphatic heterocycles. The molecule has 0 aromatic carbocycles. The van der Waals surface area contributed by atoms with Crippen molar-refractivity contribution in [3.8, 4) is 0 Å². The predicted octanol–water partition coefficient (Wildman–Crippen LogP) is 2.23. The van der Waals surface area contributed by atoms with Gasteiger partial charge in [-0.2, -0.15) is 0 Å². The van der Waals surface area contributed by atoms with Gasteiger partial charge in [0.05, 0.1) is 6.04 Å². The molecule has 0 radical (unpaired) electrons. The Bertz CT molecular complexity index is 672. The third-order valence-corrected chi connectivity index (χ3v) is 8.93. The molecule has 2 aliphatic carbocycles. The quantitative estimate of drug-likeness (QED) is 0.715. The molecule has 5 rings (SSSR count). The van der Waals surface area contributed by atoms with Gasteiger partial charge in [0.15, 0.2) is 0 Å². The summed E-state index contributed by atoms with van der Waals surface area (Å²) < 4.78 is 14.4.